The number of likely N-dealkylation sites (N-methyl/N-ethyl adjacent to an activating group) is 1. The van der Waals surface area contributed by atoms with Gasteiger partial charge in [-0.05, 0) is 60.2 Å². The summed E-state index contributed by atoms with van der Waals surface area (Å²) in [5.74, 6) is 0.346. The Morgan fingerprint density at radius 1 is 1.14 bits per heavy atom. The number of hydrogen-bond acceptors (Lipinski definition) is 6. The van der Waals surface area contributed by atoms with Gasteiger partial charge in [-0.1, -0.05) is 23.5 Å². The Balaban J connectivity index is 1.52. The molecule has 0 bridgehead atoms. The van der Waals surface area contributed by atoms with Crippen molar-refractivity contribution in [2.75, 3.05) is 37.4 Å². The van der Waals surface area contributed by atoms with Crippen LogP contribution in [0.1, 0.15) is 6.92 Å². The molecule has 0 saturated heterocycles. The molecule has 0 aliphatic rings. The monoisotopic (exact) mass is 476 g/mol. The van der Waals surface area contributed by atoms with E-state index in [2.05, 4.69) is 31.5 Å². The van der Waals surface area contributed by atoms with Crippen LogP contribution >= 0.6 is 27.3 Å². The van der Waals surface area contributed by atoms with Crippen molar-refractivity contribution in [1.82, 2.24) is 9.88 Å². The standard InChI is InChI=1S/C20H21BrN4O3S/c1-3-28-13-8-9-16-17(10-13)29-20(23-16)24-19(27)12-25(2)11-18(26)22-15-7-5-4-6-14(15)21/h4-10H,3,11-12H2,1-2H3,(H,22,26)(H,23,24,27). The number of carbonyl (C=O) groups is 2. The molecule has 3 rings (SSSR count). The highest BCUT2D eigenvalue weighted by atomic mass is 79.9. The van der Waals surface area contributed by atoms with E-state index < -0.39 is 0 Å². The molecule has 0 spiro atoms. The van der Waals surface area contributed by atoms with Crippen molar-refractivity contribution >= 4 is 60.1 Å². The molecule has 0 fully saturated rings. The van der Waals surface area contributed by atoms with E-state index in [1.165, 1.54) is 11.3 Å². The quantitative estimate of drug-likeness (QED) is 0.513. The van der Waals surface area contributed by atoms with Crippen molar-refractivity contribution in [3.05, 3.63) is 46.9 Å². The molecule has 29 heavy (non-hydrogen) atoms. The summed E-state index contributed by atoms with van der Waals surface area (Å²) in [6.07, 6.45) is 0. The van der Waals surface area contributed by atoms with E-state index in [0.717, 1.165) is 20.4 Å². The summed E-state index contributed by atoms with van der Waals surface area (Å²) >= 11 is 4.77. The van der Waals surface area contributed by atoms with E-state index in [0.29, 0.717) is 17.4 Å². The van der Waals surface area contributed by atoms with Crippen LogP contribution in [0.15, 0.2) is 46.9 Å². The van der Waals surface area contributed by atoms with Crippen LogP contribution in [-0.2, 0) is 9.59 Å². The maximum atomic E-state index is 12.3. The molecule has 0 saturated carbocycles. The number of amides is 2. The molecule has 3 aromatic rings. The summed E-state index contributed by atoms with van der Waals surface area (Å²) in [5, 5.41) is 6.13. The first-order valence-electron chi connectivity index (χ1n) is 9.00. The maximum Gasteiger partial charge on any atom is 0.240 e. The van der Waals surface area contributed by atoms with Crippen LogP contribution in [0.3, 0.4) is 0 Å². The second-order valence-corrected chi connectivity index (χ2v) is 8.22. The topological polar surface area (TPSA) is 83.6 Å². The van der Waals surface area contributed by atoms with Gasteiger partial charge in [0.2, 0.25) is 11.8 Å². The van der Waals surface area contributed by atoms with Crippen molar-refractivity contribution in [2.24, 2.45) is 0 Å². The molecule has 9 heteroatoms. The lowest BCUT2D eigenvalue weighted by atomic mass is 10.3. The number of hydrogen-bond donors (Lipinski definition) is 2. The minimum Gasteiger partial charge on any atom is -0.494 e. The zero-order valence-corrected chi connectivity index (χ0v) is 18.5. The number of fused-ring (bicyclic) bond motifs is 1. The fourth-order valence-electron chi connectivity index (χ4n) is 2.67. The second kappa shape index (κ2) is 9.82. The fraction of sp³-hybridized carbons (Fsp3) is 0.250. The van der Waals surface area contributed by atoms with Crippen LogP contribution in [-0.4, -0.2) is 48.4 Å². The van der Waals surface area contributed by atoms with Gasteiger partial charge < -0.3 is 15.4 Å². The highest BCUT2D eigenvalue weighted by Crippen LogP contribution is 2.29. The van der Waals surface area contributed by atoms with Gasteiger partial charge in [0.15, 0.2) is 5.13 Å². The predicted molar refractivity (Wildman–Crippen MR) is 120 cm³/mol. The average molecular weight is 477 g/mol. The van der Waals surface area contributed by atoms with Crippen LogP contribution in [0.5, 0.6) is 5.75 Å². The van der Waals surface area contributed by atoms with Gasteiger partial charge in [-0.25, -0.2) is 4.98 Å². The van der Waals surface area contributed by atoms with E-state index in [1.54, 1.807) is 18.0 Å². The second-order valence-electron chi connectivity index (χ2n) is 6.33. The van der Waals surface area contributed by atoms with Crippen LogP contribution in [0.2, 0.25) is 0 Å². The lowest BCUT2D eigenvalue weighted by molar-refractivity contribution is -0.119. The first kappa shape index (κ1) is 21.2. The number of benzene rings is 2. The van der Waals surface area contributed by atoms with Gasteiger partial charge in [-0.2, -0.15) is 0 Å². The zero-order valence-electron chi connectivity index (χ0n) is 16.1. The van der Waals surface area contributed by atoms with E-state index >= 15 is 0 Å². The van der Waals surface area contributed by atoms with Crippen molar-refractivity contribution < 1.29 is 14.3 Å². The number of nitrogens with one attached hydrogen (secondary N) is 2. The third-order valence-corrected chi connectivity index (χ3v) is 5.52. The van der Waals surface area contributed by atoms with Crippen LogP contribution in [0.4, 0.5) is 10.8 Å². The summed E-state index contributed by atoms with van der Waals surface area (Å²) in [4.78, 5) is 30.6. The minimum atomic E-state index is -0.231. The van der Waals surface area contributed by atoms with Crippen LogP contribution in [0.25, 0.3) is 10.2 Å². The minimum absolute atomic E-state index is 0.0729. The normalized spacial score (nSPS) is 10.9. The van der Waals surface area contributed by atoms with Crippen molar-refractivity contribution in [2.45, 2.75) is 6.92 Å². The van der Waals surface area contributed by atoms with Crippen molar-refractivity contribution in [1.29, 1.82) is 0 Å². The van der Waals surface area contributed by atoms with Gasteiger partial charge >= 0.3 is 0 Å². The Labute approximate surface area is 181 Å². The van der Waals surface area contributed by atoms with Gasteiger partial charge in [-0.15, -0.1) is 0 Å². The van der Waals surface area contributed by atoms with Crippen LogP contribution in [0, 0.1) is 0 Å². The third kappa shape index (κ3) is 5.99. The first-order valence-corrected chi connectivity index (χ1v) is 10.6. The molecule has 152 valence electrons. The number of rotatable bonds is 8. The zero-order chi connectivity index (χ0) is 20.8. The van der Waals surface area contributed by atoms with Gasteiger partial charge in [0, 0.05) is 4.47 Å². The molecule has 2 N–H and O–H groups in total. The molecule has 2 amide bonds. The van der Waals surface area contributed by atoms with Crippen molar-refractivity contribution in [3.63, 3.8) is 0 Å². The van der Waals surface area contributed by atoms with E-state index in [9.17, 15) is 9.59 Å². The summed E-state index contributed by atoms with van der Waals surface area (Å²) in [7, 11) is 1.71. The number of halogens is 1. The summed E-state index contributed by atoms with van der Waals surface area (Å²) in [6, 6.07) is 13.0. The van der Waals surface area contributed by atoms with E-state index in [-0.39, 0.29) is 24.9 Å². The molecule has 1 heterocycles. The SMILES string of the molecule is CCOc1ccc2nc(NC(=O)CN(C)CC(=O)Nc3ccccc3Br)sc2c1. The van der Waals surface area contributed by atoms with Gasteiger partial charge in [0.05, 0.1) is 35.6 Å². The number of ether oxygens (including phenoxy) is 1. The maximum absolute atomic E-state index is 12.3. The fourth-order valence-corrected chi connectivity index (χ4v) is 3.97. The molecule has 0 atom stereocenters. The first-order chi connectivity index (χ1) is 13.9. The third-order valence-electron chi connectivity index (χ3n) is 3.89. The molecule has 1 aromatic heterocycles. The molecule has 2 aromatic carbocycles. The summed E-state index contributed by atoms with van der Waals surface area (Å²) in [5.41, 5.74) is 1.49. The van der Waals surface area contributed by atoms with E-state index in [1.807, 2.05) is 43.3 Å². The Morgan fingerprint density at radius 2 is 1.86 bits per heavy atom. The molecule has 0 aliphatic heterocycles. The highest BCUT2D eigenvalue weighted by molar-refractivity contribution is 9.10. The Hall–Kier alpha value is -2.49. The lowest BCUT2D eigenvalue weighted by Gasteiger charge is -2.15. The van der Waals surface area contributed by atoms with Crippen LogP contribution < -0.4 is 15.4 Å². The molecular formula is C20H21BrN4O3S. The average Bonchev–Trinajstić information content (AvgIpc) is 3.04. The molecular weight excluding hydrogens is 456 g/mol. The number of thiazole rings is 1. The Bertz CT molecular complexity index is 1020. The number of nitrogens with zero attached hydrogens (tertiary/aromatic N) is 2. The highest BCUT2D eigenvalue weighted by Gasteiger charge is 2.14. The molecule has 0 aliphatic carbocycles. The predicted octanol–water partition coefficient (Wildman–Crippen LogP) is 3.97. The molecule has 0 unspecified atom stereocenters. The smallest absolute Gasteiger partial charge is 0.240 e. The largest absolute Gasteiger partial charge is 0.494 e. The van der Waals surface area contributed by atoms with Crippen molar-refractivity contribution in [3.8, 4) is 5.75 Å². The van der Waals surface area contributed by atoms with Gasteiger partial charge in [0.25, 0.3) is 0 Å². The number of anilines is 2. The number of carbonyl (C=O) groups excluding carboxylic acids is 2. The lowest BCUT2D eigenvalue weighted by Crippen LogP contribution is -2.36. The molecule has 7 nitrogen and oxygen atoms in total. The summed E-state index contributed by atoms with van der Waals surface area (Å²) in [6.45, 7) is 2.68. The van der Waals surface area contributed by atoms with Gasteiger partial charge in [-0.3, -0.25) is 14.5 Å². The van der Waals surface area contributed by atoms with Gasteiger partial charge in [0.1, 0.15) is 5.75 Å². The Kier molecular flexibility index (Phi) is 7.18. The number of aromatic nitrogens is 1. The Morgan fingerprint density at radius 3 is 2.59 bits per heavy atom. The number of para-hydroxylation sites is 1. The molecule has 0 radical (unpaired) electrons. The van der Waals surface area contributed by atoms with E-state index in [4.69, 9.17) is 4.74 Å². The summed E-state index contributed by atoms with van der Waals surface area (Å²) < 4.78 is 7.23.